The van der Waals surface area contributed by atoms with Crippen LogP contribution in [0.2, 0.25) is 0 Å². The molecule has 0 radical (unpaired) electrons. The molecule has 0 aliphatic carbocycles. The first kappa shape index (κ1) is 19.0. The summed E-state index contributed by atoms with van der Waals surface area (Å²) in [6.45, 7) is 4.87. The van der Waals surface area contributed by atoms with Crippen molar-refractivity contribution in [1.29, 1.82) is 0 Å². The van der Waals surface area contributed by atoms with Crippen LogP contribution in [0.4, 0.5) is 5.69 Å². The van der Waals surface area contributed by atoms with Crippen molar-refractivity contribution in [1.82, 2.24) is 4.31 Å². The number of para-hydroxylation sites is 1. The smallest absolute Gasteiger partial charge is 0.321 e. The molecule has 128 valence electrons. The maximum Gasteiger partial charge on any atom is 0.321 e. The Morgan fingerprint density at radius 2 is 1.96 bits per heavy atom. The van der Waals surface area contributed by atoms with Gasteiger partial charge >= 0.3 is 5.97 Å². The number of nitro benzene ring substituents is 1. The largest absolute Gasteiger partial charge is 0.465 e. The molecule has 0 aromatic heterocycles. The fourth-order valence-corrected chi connectivity index (χ4v) is 3.68. The van der Waals surface area contributed by atoms with Gasteiger partial charge in [-0.25, -0.2) is 8.42 Å². The zero-order valence-corrected chi connectivity index (χ0v) is 14.1. The summed E-state index contributed by atoms with van der Waals surface area (Å²) in [5.74, 6) is -0.766. The molecule has 1 rings (SSSR count). The molecule has 0 spiro atoms. The van der Waals surface area contributed by atoms with Gasteiger partial charge in [0.1, 0.15) is 6.54 Å². The number of benzene rings is 1. The minimum Gasteiger partial charge on any atom is -0.465 e. The zero-order chi connectivity index (χ0) is 17.6. The lowest BCUT2D eigenvalue weighted by molar-refractivity contribution is -0.387. The Balaban J connectivity index is 3.27. The Kier molecular flexibility index (Phi) is 6.64. The van der Waals surface area contributed by atoms with Crippen LogP contribution < -0.4 is 0 Å². The van der Waals surface area contributed by atoms with Crippen LogP contribution in [0.1, 0.15) is 20.8 Å². The molecule has 0 saturated heterocycles. The van der Waals surface area contributed by atoms with Crippen LogP contribution in [0.5, 0.6) is 0 Å². The number of carbonyl (C=O) groups excluding carboxylic acids is 1. The molecule has 0 amide bonds. The molecule has 0 heterocycles. The summed E-state index contributed by atoms with van der Waals surface area (Å²) >= 11 is 0. The molecule has 23 heavy (non-hydrogen) atoms. The van der Waals surface area contributed by atoms with E-state index < -0.39 is 38.0 Å². The maximum atomic E-state index is 12.7. The topological polar surface area (TPSA) is 107 Å². The van der Waals surface area contributed by atoms with Gasteiger partial charge in [0.05, 0.1) is 11.5 Å². The number of esters is 1. The molecule has 0 aliphatic heterocycles. The average Bonchev–Trinajstić information content (AvgIpc) is 2.46. The number of rotatable bonds is 8. The highest BCUT2D eigenvalue weighted by Gasteiger charge is 2.33. The van der Waals surface area contributed by atoms with Crippen LogP contribution >= 0.6 is 0 Å². The van der Waals surface area contributed by atoms with Gasteiger partial charge in [-0.1, -0.05) is 26.0 Å². The number of carbonyl (C=O) groups is 1. The molecule has 0 N–H and O–H groups in total. The summed E-state index contributed by atoms with van der Waals surface area (Å²) in [6.07, 6.45) is 0. The van der Waals surface area contributed by atoms with Crippen molar-refractivity contribution in [3.8, 4) is 0 Å². The van der Waals surface area contributed by atoms with Crippen LogP contribution in [0.25, 0.3) is 0 Å². The van der Waals surface area contributed by atoms with E-state index in [2.05, 4.69) is 0 Å². The maximum absolute atomic E-state index is 12.7. The van der Waals surface area contributed by atoms with E-state index in [9.17, 15) is 23.3 Å². The first-order valence-electron chi connectivity index (χ1n) is 7.09. The molecule has 1 aromatic rings. The van der Waals surface area contributed by atoms with Crippen LogP contribution in [-0.4, -0.2) is 43.3 Å². The van der Waals surface area contributed by atoms with E-state index in [1.54, 1.807) is 20.8 Å². The molecule has 0 atom stereocenters. The van der Waals surface area contributed by atoms with E-state index in [0.29, 0.717) is 0 Å². The van der Waals surface area contributed by atoms with Crippen molar-refractivity contribution in [2.24, 2.45) is 5.92 Å². The molecule has 0 aliphatic rings. The third-order valence-electron chi connectivity index (χ3n) is 2.86. The predicted octanol–water partition coefficient (Wildman–Crippen LogP) is 1.80. The number of hydrogen-bond acceptors (Lipinski definition) is 6. The van der Waals surface area contributed by atoms with Gasteiger partial charge in [0, 0.05) is 12.6 Å². The summed E-state index contributed by atoms with van der Waals surface area (Å²) in [4.78, 5) is 21.5. The lowest BCUT2D eigenvalue weighted by atomic mass is 10.2. The van der Waals surface area contributed by atoms with Gasteiger partial charge in [0.15, 0.2) is 4.90 Å². The number of ether oxygens (including phenoxy) is 1. The van der Waals surface area contributed by atoms with Gasteiger partial charge in [-0.3, -0.25) is 14.9 Å². The van der Waals surface area contributed by atoms with Gasteiger partial charge in [-0.2, -0.15) is 4.31 Å². The Bertz CT molecular complexity index is 672. The molecular formula is C14H20N2O6S. The monoisotopic (exact) mass is 344 g/mol. The quantitative estimate of drug-likeness (QED) is 0.404. The van der Waals surface area contributed by atoms with E-state index >= 15 is 0 Å². The van der Waals surface area contributed by atoms with Gasteiger partial charge in [0.25, 0.3) is 5.69 Å². The first-order chi connectivity index (χ1) is 10.7. The van der Waals surface area contributed by atoms with E-state index in [-0.39, 0.29) is 19.1 Å². The Hall–Kier alpha value is -2.00. The van der Waals surface area contributed by atoms with Crippen molar-refractivity contribution in [3.05, 3.63) is 34.4 Å². The lowest BCUT2D eigenvalue weighted by Crippen LogP contribution is -2.39. The van der Waals surface area contributed by atoms with Crippen LogP contribution in [0.15, 0.2) is 29.2 Å². The minimum atomic E-state index is -4.19. The van der Waals surface area contributed by atoms with E-state index in [1.807, 2.05) is 0 Å². The number of nitrogens with zero attached hydrogens (tertiary/aromatic N) is 2. The molecule has 0 unspecified atom stereocenters. The number of hydrogen-bond donors (Lipinski definition) is 0. The fraction of sp³-hybridized carbons (Fsp3) is 0.500. The normalized spacial score (nSPS) is 11.7. The van der Waals surface area contributed by atoms with Crippen molar-refractivity contribution in [2.75, 3.05) is 19.7 Å². The SMILES string of the molecule is CCOC(=O)CN(CC(C)C)S(=O)(=O)c1ccccc1[N+](=O)[O-]. The first-order valence-corrected chi connectivity index (χ1v) is 8.53. The fourth-order valence-electron chi connectivity index (χ4n) is 1.97. The van der Waals surface area contributed by atoms with E-state index in [1.165, 1.54) is 12.1 Å². The second kappa shape index (κ2) is 8.02. The van der Waals surface area contributed by atoms with Gasteiger partial charge in [-0.15, -0.1) is 0 Å². The molecular weight excluding hydrogens is 324 g/mol. The predicted molar refractivity (Wildman–Crippen MR) is 83.3 cm³/mol. The molecule has 1 aromatic carbocycles. The van der Waals surface area contributed by atoms with E-state index in [4.69, 9.17) is 4.74 Å². The van der Waals surface area contributed by atoms with Gasteiger partial charge in [-0.05, 0) is 18.9 Å². The lowest BCUT2D eigenvalue weighted by Gasteiger charge is -2.22. The summed E-state index contributed by atoms with van der Waals surface area (Å²) in [7, 11) is -4.19. The molecule has 0 saturated carbocycles. The summed E-state index contributed by atoms with van der Waals surface area (Å²) in [5.41, 5.74) is -0.523. The van der Waals surface area contributed by atoms with Crippen LogP contribution in [-0.2, 0) is 19.6 Å². The van der Waals surface area contributed by atoms with Crippen molar-refractivity contribution >= 4 is 21.7 Å². The zero-order valence-electron chi connectivity index (χ0n) is 13.3. The van der Waals surface area contributed by atoms with Crippen molar-refractivity contribution in [2.45, 2.75) is 25.7 Å². The third kappa shape index (κ3) is 5.00. The highest BCUT2D eigenvalue weighted by atomic mass is 32.2. The second-order valence-corrected chi connectivity index (χ2v) is 7.13. The highest BCUT2D eigenvalue weighted by molar-refractivity contribution is 7.89. The Morgan fingerprint density at radius 3 is 2.48 bits per heavy atom. The Morgan fingerprint density at radius 1 is 1.35 bits per heavy atom. The summed E-state index contributed by atoms with van der Waals surface area (Å²) < 4.78 is 31.2. The molecule has 0 bridgehead atoms. The third-order valence-corrected chi connectivity index (χ3v) is 4.72. The Labute approximate surface area is 135 Å². The summed E-state index contributed by atoms with van der Waals surface area (Å²) in [5, 5.41) is 11.1. The molecule has 0 fully saturated rings. The minimum absolute atomic E-state index is 0.0488. The highest BCUT2D eigenvalue weighted by Crippen LogP contribution is 2.26. The van der Waals surface area contributed by atoms with Crippen LogP contribution in [0.3, 0.4) is 0 Å². The van der Waals surface area contributed by atoms with Gasteiger partial charge in [0.2, 0.25) is 10.0 Å². The molecule has 9 heteroatoms. The number of sulfonamides is 1. The molecule has 8 nitrogen and oxygen atoms in total. The standard InChI is InChI=1S/C14H20N2O6S/c1-4-22-14(17)10-15(9-11(2)3)23(20,21)13-8-6-5-7-12(13)16(18)19/h5-8,11H,4,9-10H2,1-3H3. The summed E-state index contributed by atoms with van der Waals surface area (Å²) in [6, 6.07) is 5.06. The van der Waals surface area contributed by atoms with Gasteiger partial charge < -0.3 is 4.74 Å². The van der Waals surface area contributed by atoms with E-state index in [0.717, 1.165) is 16.4 Å². The van der Waals surface area contributed by atoms with Crippen LogP contribution in [0, 0.1) is 16.0 Å². The van der Waals surface area contributed by atoms with Crippen molar-refractivity contribution in [3.63, 3.8) is 0 Å². The number of nitro groups is 1. The average molecular weight is 344 g/mol. The second-order valence-electron chi connectivity index (χ2n) is 5.22. The van der Waals surface area contributed by atoms with Crippen molar-refractivity contribution < 1.29 is 22.9 Å².